The Kier molecular flexibility index (Phi) is 4.67. The van der Waals surface area contributed by atoms with Gasteiger partial charge in [0, 0.05) is 11.3 Å². The molecule has 1 atom stereocenters. The smallest absolute Gasteiger partial charge is 0.326 e. The number of amides is 1. The lowest BCUT2D eigenvalue weighted by molar-refractivity contribution is -0.143. The number of aromatic nitrogens is 2. The van der Waals surface area contributed by atoms with Crippen molar-refractivity contribution in [1.29, 1.82) is 0 Å². The van der Waals surface area contributed by atoms with Crippen LogP contribution in [-0.2, 0) is 20.9 Å². The van der Waals surface area contributed by atoms with Gasteiger partial charge in [-0.3, -0.25) is 23.7 Å². The average molecular weight is 391 g/mol. The molecule has 0 spiro atoms. The molecule has 4 rings (SSSR count). The van der Waals surface area contributed by atoms with Gasteiger partial charge in [0.05, 0.1) is 23.1 Å². The molecule has 0 fully saturated rings. The zero-order valence-corrected chi connectivity index (χ0v) is 15.5. The third kappa shape index (κ3) is 3.52. The summed E-state index contributed by atoms with van der Waals surface area (Å²) in [5.74, 6) is -1.57. The van der Waals surface area contributed by atoms with E-state index in [1.54, 1.807) is 49.4 Å². The number of carbonyl (C=O) groups is 3. The number of ketones is 1. The van der Waals surface area contributed by atoms with Crippen LogP contribution in [0.5, 0.6) is 0 Å². The van der Waals surface area contributed by atoms with Gasteiger partial charge in [-0.2, -0.15) is 0 Å². The van der Waals surface area contributed by atoms with E-state index in [0.717, 1.165) is 10.1 Å². The van der Waals surface area contributed by atoms with Crippen LogP contribution in [0.3, 0.4) is 0 Å². The molecular weight excluding hydrogens is 374 g/mol. The first-order valence-corrected chi connectivity index (χ1v) is 9.02. The molecule has 146 valence electrons. The predicted molar refractivity (Wildman–Crippen MR) is 105 cm³/mol. The van der Waals surface area contributed by atoms with Gasteiger partial charge in [0.1, 0.15) is 6.54 Å². The first kappa shape index (κ1) is 18.5. The van der Waals surface area contributed by atoms with Crippen molar-refractivity contribution in [1.82, 2.24) is 9.55 Å². The fourth-order valence-electron chi connectivity index (χ4n) is 3.22. The minimum Gasteiger partial charge on any atom is -0.456 e. The highest BCUT2D eigenvalue weighted by atomic mass is 16.5. The number of hydrogen-bond acceptors (Lipinski definition) is 6. The predicted octanol–water partition coefficient (Wildman–Crippen LogP) is 1.88. The number of carbonyl (C=O) groups excluding carboxylic acids is 3. The second-order valence-electron chi connectivity index (χ2n) is 6.79. The maximum Gasteiger partial charge on any atom is 0.326 e. The van der Waals surface area contributed by atoms with Crippen LogP contribution in [0.1, 0.15) is 28.8 Å². The second-order valence-corrected chi connectivity index (χ2v) is 6.79. The lowest BCUT2D eigenvalue weighted by Gasteiger charge is -2.08. The molecular formula is C21H17N3O5. The Morgan fingerprint density at radius 2 is 1.97 bits per heavy atom. The van der Waals surface area contributed by atoms with Crippen LogP contribution < -0.4 is 10.9 Å². The van der Waals surface area contributed by atoms with Crippen LogP contribution in [0.25, 0.3) is 10.9 Å². The molecule has 1 aromatic heterocycles. The number of hydrogen-bond donors (Lipinski definition) is 1. The lowest BCUT2D eigenvalue weighted by atomic mass is 9.99. The maximum atomic E-state index is 12.4. The van der Waals surface area contributed by atoms with Crippen molar-refractivity contribution in [3.63, 3.8) is 0 Å². The van der Waals surface area contributed by atoms with Crippen LogP contribution in [0.4, 0.5) is 5.69 Å². The molecule has 0 bridgehead atoms. The highest BCUT2D eigenvalue weighted by molar-refractivity contribution is 6.05. The van der Waals surface area contributed by atoms with Gasteiger partial charge < -0.3 is 10.1 Å². The summed E-state index contributed by atoms with van der Waals surface area (Å²) >= 11 is 0. The third-order valence-electron chi connectivity index (χ3n) is 4.89. The summed E-state index contributed by atoms with van der Waals surface area (Å²) in [7, 11) is 0. The van der Waals surface area contributed by atoms with Crippen LogP contribution >= 0.6 is 0 Å². The zero-order chi connectivity index (χ0) is 20.5. The zero-order valence-electron chi connectivity index (χ0n) is 15.5. The van der Waals surface area contributed by atoms with Crippen molar-refractivity contribution in [2.45, 2.75) is 19.4 Å². The maximum absolute atomic E-state index is 12.4. The molecule has 8 nitrogen and oxygen atoms in total. The number of Topliss-reactive ketones (excluding diaryl/α,β-unsaturated/α-hetero) is 1. The summed E-state index contributed by atoms with van der Waals surface area (Å²) in [6.07, 6.45) is 1.28. The molecule has 2 aromatic carbocycles. The molecule has 0 unspecified atom stereocenters. The third-order valence-corrected chi connectivity index (χ3v) is 4.89. The van der Waals surface area contributed by atoms with E-state index in [1.807, 2.05) is 0 Å². The monoisotopic (exact) mass is 391 g/mol. The van der Waals surface area contributed by atoms with E-state index in [9.17, 15) is 19.2 Å². The van der Waals surface area contributed by atoms with E-state index in [1.165, 1.54) is 6.33 Å². The Hall–Kier alpha value is -3.81. The summed E-state index contributed by atoms with van der Waals surface area (Å²) in [4.78, 5) is 52.7. The summed E-state index contributed by atoms with van der Waals surface area (Å²) in [5.41, 5.74) is 1.95. The molecule has 2 heterocycles. The van der Waals surface area contributed by atoms with Crippen molar-refractivity contribution in [2.24, 2.45) is 0 Å². The number of fused-ring (bicyclic) bond motifs is 2. The Morgan fingerprint density at radius 3 is 2.79 bits per heavy atom. The average Bonchev–Trinajstić information content (AvgIpc) is 3.02. The van der Waals surface area contributed by atoms with Crippen LogP contribution in [0.15, 0.2) is 53.6 Å². The van der Waals surface area contributed by atoms with Gasteiger partial charge in [-0.15, -0.1) is 0 Å². The molecule has 8 heteroatoms. The summed E-state index contributed by atoms with van der Waals surface area (Å²) in [6, 6.07) is 11.7. The number of para-hydroxylation sites is 1. The normalized spacial score (nSPS) is 15.1. The summed E-state index contributed by atoms with van der Waals surface area (Å²) in [5, 5.41) is 3.13. The quantitative estimate of drug-likeness (QED) is 0.526. The van der Waals surface area contributed by atoms with E-state index in [-0.39, 0.29) is 23.9 Å². The Morgan fingerprint density at radius 1 is 1.17 bits per heavy atom. The van der Waals surface area contributed by atoms with E-state index in [0.29, 0.717) is 22.2 Å². The van der Waals surface area contributed by atoms with Crippen molar-refractivity contribution in [3.05, 3.63) is 70.3 Å². The van der Waals surface area contributed by atoms with Gasteiger partial charge in [0.25, 0.3) is 5.56 Å². The Labute approximate surface area is 165 Å². The molecule has 0 aliphatic carbocycles. The SMILES string of the molecule is C[C@H]1C(=O)Nc2ccc(C(=O)COC(=O)Cn3cnc4ccccc4c3=O)cc21. The first-order chi connectivity index (χ1) is 13.9. The van der Waals surface area contributed by atoms with E-state index < -0.39 is 18.4 Å². The molecule has 1 N–H and O–H groups in total. The topological polar surface area (TPSA) is 107 Å². The second kappa shape index (κ2) is 7.31. The van der Waals surface area contributed by atoms with Crippen molar-refractivity contribution in [3.8, 4) is 0 Å². The van der Waals surface area contributed by atoms with Gasteiger partial charge in [-0.05, 0) is 42.8 Å². The lowest BCUT2D eigenvalue weighted by Crippen LogP contribution is -2.26. The fraction of sp³-hybridized carbons (Fsp3) is 0.190. The van der Waals surface area contributed by atoms with Crippen LogP contribution in [-0.4, -0.2) is 33.8 Å². The van der Waals surface area contributed by atoms with Gasteiger partial charge in [-0.25, -0.2) is 4.98 Å². The fourth-order valence-corrected chi connectivity index (χ4v) is 3.22. The first-order valence-electron chi connectivity index (χ1n) is 9.02. The molecule has 29 heavy (non-hydrogen) atoms. The molecule has 1 aliphatic rings. The summed E-state index contributed by atoms with van der Waals surface area (Å²) in [6.45, 7) is 0.956. The number of anilines is 1. The molecule has 0 saturated carbocycles. The van der Waals surface area contributed by atoms with Crippen LogP contribution in [0, 0.1) is 0 Å². The van der Waals surface area contributed by atoms with Crippen molar-refractivity contribution in [2.75, 3.05) is 11.9 Å². The number of rotatable bonds is 5. The number of nitrogens with zero attached hydrogens (tertiary/aromatic N) is 2. The molecule has 0 saturated heterocycles. The van der Waals surface area contributed by atoms with Gasteiger partial charge in [-0.1, -0.05) is 12.1 Å². The van der Waals surface area contributed by atoms with E-state index in [4.69, 9.17) is 4.74 Å². The van der Waals surface area contributed by atoms with Crippen LogP contribution in [0.2, 0.25) is 0 Å². The molecule has 0 radical (unpaired) electrons. The minimum absolute atomic E-state index is 0.120. The highest BCUT2D eigenvalue weighted by Gasteiger charge is 2.27. The van der Waals surface area contributed by atoms with Crippen molar-refractivity contribution >= 4 is 34.3 Å². The summed E-state index contributed by atoms with van der Waals surface area (Å²) < 4.78 is 6.18. The Balaban J connectivity index is 1.42. The molecule has 3 aromatic rings. The minimum atomic E-state index is -0.719. The van der Waals surface area contributed by atoms with E-state index >= 15 is 0 Å². The van der Waals surface area contributed by atoms with E-state index in [2.05, 4.69) is 10.3 Å². The largest absolute Gasteiger partial charge is 0.456 e. The Bertz CT molecular complexity index is 1210. The molecule has 1 aliphatic heterocycles. The van der Waals surface area contributed by atoms with Gasteiger partial charge in [0.2, 0.25) is 5.91 Å². The van der Waals surface area contributed by atoms with Crippen molar-refractivity contribution < 1.29 is 19.1 Å². The number of esters is 1. The number of nitrogens with one attached hydrogen (secondary N) is 1. The van der Waals surface area contributed by atoms with Gasteiger partial charge in [0.15, 0.2) is 12.4 Å². The highest BCUT2D eigenvalue weighted by Crippen LogP contribution is 2.32. The molecule has 1 amide bonds. The number of ether oxygens (including phenoxy) is 1. The number of benzene rings is 2. The van der Waals surface area contributed by atoms with Gasteiger partial charge >= 0.3 is 5.97 Å². The standard InChI is InChI=1S/C21H17N3O5/c1-12-15-8-13(6-7-17(15)23-20(12)27)18(25)10-29-19(26)9-24-11-22-16-5-3-2-4-14(16)21(24)28/h2-8,11-12H,9-10H2,1H3,(H,23,27)/t12-/m1/s1.